The molecule has 4 atom stereocenters. The molecular weight excluding hydrogens is 509 g/mol. The average Bonchev–Trinajstić information content (AvgIpc) is 3.21. The number of cyclic esters (lactones) is 1. The van der Waals surface area contributed by atoms with Gasteiger partial charge in [-0.25, -0.2) is 13.7 Å². The summed E-state index contributed by atoms with van der Waals surface area (Å²) in [5, 5.41) is 21.3. The smallest absolute Gasteiger partial charge is 0.325 e. The minimum absolute atomic E-state index is 0.0224. The van der Waals surface area contributed by atoms with E-state index in [1.165, 1.54) is 24.3 Å². The Bertz CT molecular complexity index is 1270. The van der Waals surface area contributed by atoms with Crippen molar-refractivity contribution in [2.45, 2.75) is 68.7 Å². The number of hydrogen-bond donors (Lipinski definition) is 1. The van der Waals surface area contributed by atoms with Gasteiger partial charge in [-0.1, -0.05) is 47.8 Å². The third-order valence-corrected chi connectivity index (χ3v) is 8.96. The number of fused-ring (bicyclic) bond motifs is 1. The molecule has 9 heteroatoms. The first-order valence-electron chi connectivity index (χ1n) is 11.9. The Balaban J connectivity index is 1.84. The van der Waals surface area contributed by atoms with Crippen LogP contribution in [0.4, 0.5) is 8.78 Å². The van der Waals surface area contributed by atoms with Gasteiger partial charge in [-0.05, 0) is 62.3 Å². The van der Waals surface area contributed by atoms with E-state index in [9.17, 15) is 15.2 Å². The van der Waals surface area contributed by atoms with E-state index >= 15 is 8.78 Å². The third kappa shape index (κ3) is 3.49. The lowest BCUT2D eigenvalue weighted by molar-refractivity contribution is -0.152. The number of carbonyl (C=O) groups excluding carboxylic acids is 1. The Hall–Kier alpha value is -2.24. The van der Waals surface area contributed by atoms with Crippen molar-refractivity contribution < 1.29 is 23.4 Å². The molecule has 2 aromatic rings. The molecule has 1 N–H and O–H groups in total. The van der Waals surface area contributed by atoms with Crippen LogP contribution in [0, 0.1) is 28.4 Å². The predicted octanol–water partition coefficient (Wildman–Crippen LogP) is 5.72. The standard InChI is InChI=1S/C27H26Cl2F2N2O3/c1-25(2)33-20(12-26(14-34)9-4-10-26)27(13-32,17-8-7-15(28)11-19(17)30)21(23(33)24(35)36-25)16-5-3-6-18(29)22(16)31/h3,5-8,11,20-21,23,34H,4,9-10,12,14H2,1-2H3/t20-,21-,23+,27-/m0/s1. The highest BCUT2D eigenvalue weighted by molar-refractivity contribution is 6.31. The summed E-state index contributed by atoms with van der Waals surface area (Å²) in [7, 11) is 0. The summed E-state index contributed by atoms with van der Waals surface area (Å²) in [5.41, 5.74) is -3.30. The van der Waals surface area contributed by atoms with Crippen molar-refractivity contribution in [1.29, 1.82) is 5.26 Å². The molecule has 0 bridgehead atoms. The lowest BCUT2D eigenvalue weighted by Crippen LogP contribution is -2.54. The molecule has 5 rings (SSSR count). The van der Waals surface area contributed by atoms with Crippen LogP contribution in [0.2, 0.25) is 10.0 Å². The van der Waals surface area contributed by atoms with E-state index in [-0.39, 0.29) is 27.8 Å². The number of benzene rings is 2. The molecule has 36 heavy (non-hydrogen) atoms. The van der Waals surface area contributed by atoms with E-state index in [1.807, 2.05) is 0 Å². The molecule has 3 fully saturated rings. The molecule has 0 unspecified atom stereocenters. The summed E-state index contributed by atoms with van der Waals surface area (Å²) in [6.07, 6.45) is 2.67. The highest BCUT2D eigenvalue weighted by atomic mass is 35.5. The van der Waals surface area contributed by atoms with Crippen molar-refractivity contribution in [2.75, 3.05) is 6.61 Å². The van der Waals surface area contributed by atoms with Crippen LogP contribution in [0.15, 0.2) is 36.4 Å². The number of aliphatic hydroxyl groups is 1. The number of ether oxygens (including phenoxy) is 1. The van der Waals surface area contributed by atoms with Crippen molar-refractivity contribution in [3.63, 3.8) is 0 Å². The maximum Gasteiger partial charge on any atom is 0.325 e. The van der Waals surface area contributed by atoms with Crippen LogP contribution in [0.1, 0.15) is 56.6 Å². The monoisotopic (exact) mass is 534 g/mol. The fourth-order valence-electron chi connectivity index (χ4n) is 6.67. The van der Waals surface area contributed by atoms with Gasteiger partial charge in [0.25, 0.3) is 0 Å². The molecule has 1 aliphatic carbocycles. The van der Waals surface area contributed by atoms with E-state index in [4.69, 9.17) is 27.9 Å². The Morgan fingerprint density at radius 1 is 1.22 bits per heavy atom. The summed E-state index contributed by atoms with van der Waals surface area (Å²) >= 11 is 12.2. The summed E-state index contributed by atoms with van der Waals surface area (Å²) in [6.45, 7) is 3.31. The van der Waals surface area contributed by atoms with Crippen molar-refractivity contribution in [2.24, 2.45) is 5.41 Å². The van der Waals surface area contributed by atoms with Gasteiger partial charge < -0.3 is 9.84 Å². The van der Waals surface area contributed by atoms with Gasteiger partial charge in [0.15, 0.2) is 5.72 Å². The molecule has 0 spiro atoms. The van der Waals surface area contributed by atoms with Crippen molar-refractivity contribution in [3.8, 4) is 6.07 Å². The molecule has 0 aromatic heterocycles. The number of nitrogens with zero attached hydrogens (tertiary/aromatic N) is 2. The van der Waals surface area contributed by atoms with Gasteiger partial charge >= 0.3 is 5.97 Å². The zero-order valence-electron chi connectivity index (χ0n) is 19.9. The Morgan fingerprint density at radius 2 is 1.94 bits per heavy atom. The van der Waals surface area contributed by atoms with E-state index in [2.05, 4.69) is 6.07 Å². The number of rotatable bonds is 5. The maximum absolute atomic E-state index is 15.7. The number of carbonyl (C=O) groups is 1. The Kier molecular flexibility index (Phi) is 6.12. The van der Waals surface area contributed by atoms with Gasteiger partial charge in [0.1, 0.15) is 23.1 Å². The minimum Gasteiger partial charge on any atom is -0.443 e. The zero-order valence-corrected chi connectivity index (χ0v) is 21.4. The van der Waals surface area contributed by atoms with E-state index in [0.717, 1.165) is 25.3 Å². The van der Waals surface area contributed by atoms with Gasteiger partial charge in [-0.15, -0.1) is 0 Å². The molecule has 2 heterocycles. The molecule has 190 valence electrons. The average molecular weight is 535 g/mol. The number of halogens is 4. The third-order valence-electron chi connectivity index (χ3n) is 8.44. The molecule has 2 aliphatic heterocycles. The molecule has 3 aliphatic rings. The SMILES string of the molecule is CC1(C)OC(=O)[C@H]2[C@H](c3cccc(Cl)c3F)[C@@](C#N)(c3ccc(Cl)cc3F)[C@H](CC3(CO)CCC3)N21. The summed E-state index contributed by atoms with van der Waals surface area (Å²) in [6, 6.07) is 8.97. The number of aliphatic hydroxyl groups excluding tert-OH is 1. The molecule has 1 saturated carbocycles. The highest BCUT2D eigenvalue weighted by Crippen LogP contribution is 2.62. The van der Waals surface area contributed by atoms with Gasteiger partial charge in [0, 0.05) is 29.2 Å². The first-order chi connectivity index (χ1) is 17.0. The zero-order chi connectivity index (χ0) is 26.0. The van der Waals surface area contributed by atoms with E-state index in [0.29, 0.717) is 6.42 Å². The molecular formula is C27H26Cl2F2N2O3. The van der Waals surface area contributed by atoms with Crippen LogP contribution < -0.4 is 0 Å². The van der Waals surface area contributed by atoms with Crippen LogP contribution in [0.3, 0.4) is 0 Å². The van der Waals surface area contributed by atoms with Crippen LogP contribution in [0.25, 0.3) is 0 Å². The van der Waals surface area contributed by atoms with Crippen LogP contribution in [0.5, 0.6) is 0 Å². The second-order valence-corrected chi connectivity index (χ2v) is 11.5. The van der Waals surface area contributed by atoms with Gasteiger partial charge in [-0.2, -0.15) is 5.26 Å². The first-order valence-corrected chi connectivity index (χ1v) is 12.7. The summed E-state index contributed by atoms with van der Waals surface area (Å²) in [5.74, 6) is -3.24. The van der Waals surface area contributed by atoms with Crippen LogP contribution >= 0.6 is 23.2 Å². The van der Waals surface area contributed by atoms with Gasteiger partial charge in [-0.3, -0.25) is 4.79 Å². The number of esters is 1. The van der Waals surface area contributed by atoms with Crippen LogP contribution in [-0.4, -0.2) is 40.4 Å². The largest absolute Gasteiger partial charge is 0.443 e. The van der Waals surface area contributed by atoms with Crippen LogP contribution in [-0.2, 0) is 14.9 Å². The molecule has 5 nitrogen and oxygen atoms in total. The summed E-state index contributed by atoms with van der Waals surface area (Å²) in [4.78, 5) is 15.2. The van der Waals surface area contributed by atoms with E-state index in [1.54, 1.807) is 24.8 Å². The molecule has 2 saturated heterocycles. The second kappa shape index (κ2) is 8.66. The summed E-state index contributed by atoms with van der Waals surface area (Å²) < 4.78 is 37.1. The topological polar surface area (TPSA) is 73.6 Å². The quantitative estimate of drug-likeness (QED) is 0.497. The Labute approximate surface area is 218 Å². The van der Waals surface area contributed by atoms with Crippen molar-refractivity contribution in [1.82, 2.24) is 4.90 Å². The van der Waals surface area contributed by atoms with Crippen molar-refractivity contribution >= 4 is 29.2 Å². The number of nitriles is 1. The number of hydrogen-bond acceptors (Lipinski definition) is 5. The normalized spacial score (nSPS) is 30.4. The fraction of sp³-hybridized carbons (Fsp3) is 0.481. The predicted molar refractivity (Wildman–Crippen MR) is 130 cm³/mol. The molecule has 0 amide bonds. The van der Waals surface area contributed by atoms with E-state index < -0.39 is 52.2 Å². The molecule has 0 radical (unpaired) electrons. The highest BCUT2D eigenvalue weighted by Gasteiger charge is 2.71. The molecule has 2 aromatic carbocycles. The first kappa shape index (κ1) is 25.4. The Morgan fingerprint density at radius 3 is 2.53 bits per heavy atom. The van der Waals surface area contributed by atoms with Crippen molar-refractivity contribution in [3.05, 3.63) is 69.2 Å². The fourth-order valence-corrected chi connectivity index (χ4v) is 7.02. The lowest BCUT2D eigenvalue weighted by Gasteiger charge is -2.48. The van der Waals surface area contributed by atoms with Gasteiger partial charge in [0.2, 0.25) is 0 Å². The maximum atomic E-state index is 15.7. The van der Waals surface area contributed by atoms with Gasteiger partial charge in [0.05, 0.1) is 11.1 Å². The lowest BCUT2D eigenvalue weighted by atomic mass is 9.58. The second-order valence-electron chi connectivity index (χ2n) is 10.7. The minimum atomic E-state index is -1.71.